The Kier molecular flexibility index (Phi) is 6.58. The third kappa shape index (κ3) is 4.99. The Balaban J connectivity index is 2.47. The van der Waals surface area contributed by atoms with Crippen molar-refractivity contribution in [1.29, 1.82) is 0 Å². The van der Waals surface area contributed by atoms with Crippen LogP contribution in [0.1, 0.15) is 52.9 Å². The Bertz CT molecular complexity index is 280. The summed E-state index contributed by atoms with van der Waals surface area (Å²) >= 11 is 0. The van der Waals surface area contributed by atoms with Crippen molar-refractivity contribution in [3.8, 4) is 0 Å². The molecule has 112 valence electrons. The molecule has 19 heavy (non-hydrogen) atoms. The van der Waals surface area contributed by atoms with Gasteiger partial charge in [-0.25, -0.2) is 4.79 Å². The van der Waals surface area contributed by atoms with Gasteiger partial charge >= 0.3 is 6.03 Å². The molecule has 1 saturated heterocycles. The Morgan fingerprint density at radius 3 is 2.74 bits per heavy atom. The molecule has 5 nitrogen and oxygen atoms in total. The summed E-state index contributed by atoms with van der Waals surface area (Å²) in [4.78, 5) is 12.1. The van der Waals surface area contributed by atoms with E-state index in [9.17, 15) is 4.79 Å². The molecule has 2 amide bonds. The Hall–Kier alpha value is -0.810. The molecule has 0 spiro atoms. The molecule has 3 N–H and O–H groups in total. The van der Waals surface area contributed by atoms with E-state index in [0.717, 1.165) is 32.3 Å². The monoisotopic (exact) mass is 272 g/mol. The molecule has 0 aromatic carbocycles. The van der Waals surface area contributed by atoms with Gasteiger partial charge in [0.05, 0.1) is 12.1 Å². The van der Waals surface area contributed by atoms with E-state index in [4.69, 9.17) is 9.84 Å². The van der Waals surface area contributed by atoms with Crippen molar-refractivity contribution in [2.75, 3.05) is 13.2 Å². The highest BCUT2D eigenvalue weighted by Gasteiger charge is 2.28. The summed E-state index contributed by atoms with van der Waals surface area (Å²) in [7, 11) is 0. The van der Waals surface area contributed by atoms with Gasteiger partial charge in [-0.05, 0) is 39.0 Å². The highest BCUT2D eigenvalue weighted by atomic mass is 16.5. The number of hydrogen-bond donors (Lipinski definition) is 3. The van der Waals surface area contributed by atoms with Gasteiger partial charge in [-0.2, -0.15) is 0 Å². The van der Waals surface area contributed by atoms with E-state index >= 15 is 0 Å². The SMILES string of the molecule is CCC(NC(=O)NC(C)(CC)CCO)C1CCCO1. The quantitative estimate of drug-likeness (QED) is 0.662. The summed E-state index contributed by atoms with van der Waals surface area (Å²) in [5.41, 5.74) is -0.354. The number of ether oxygens (including phenoxy) is 1. The maximum atomic E-state index is 12.1. The molecular weight excluding hydrogens is 244 g/mol. The van der Waals surface area contributed by atoms with Crippen LogP contribution in [0.25, 0.3) is 0 Å². The van der Waals surface area contributed by atoms with Crippen molar-refractivity contribution in [3.05, 3.63) is 0 Å². The summed E-state index contributed by atoms with van der Waals surface area (Å²) in [6, 6.07) is -0.0992. The largest absolute Gasteiger partial charge is 0.396 e. The van der Waals surface area contributed by atoms with Crippen LogP contribution in [0.3, 0.4) is 0 Å². The van der Waals surface area contributed by atoms with Gasteiger partial charge in [-0.15, -0.1) is 0 Å². The molecule has 0 aromatic heterocycles. The first-order valence-corrected chi connectivity index (χ1v) is 7.35. The average molecular weight is 272 g/mol. The van der Waals surface area contributed by atoms with Gasteiger partial charge in [0.15, 0.2) is 0 Å². The zero-order valence-corrected chi connectivity index (χ0v) is 12.4. The number of amides is 2. The number of urea groups is 1. The number of nitrogens with one attached hydrogen (secondary N) is 2. The minimum Gasteiger partial charge on any atom is -0.396 e. The van der Waals surface area contributed by atoms with Crippen molar-refractivity contribution in [2.24, 2.45) is 0 Å². The van der Waals surface area contributed by atoms with Crippen LogP contribution >= 0.6 is 0 Å². The van der Waals surface area contributed by atoms with Crippen molar-refractivity contribution in [3.63, 3.8) is 0 Å². The first kappa shape index (κ1) is 16.2. The molecule has 0 aromatic rings. The van der Waals surface area contributed by atoms with Crippen molar-refractivity contribution >= 4 is 6.03 Å². The summed E-state index contributed by atoms with van der Waals surface area (Å²) < 4.78 is 5.63. The number of hydrogen-bond acceptors (Lipinski definition) is 3. The lowest BCUT2D eigenvalue weighted by molar-refractivity contribution is 0.0788. The van der Waals surface area contributed by atoms with E-state index in [1.165, 1.54) is 0 Å². The minimum absolute atomic E-state index is 0.0673. The van der Waals surface area contributed by atoms with Gasteiger partial charge in [-0.1, -0.05) is 13.8 Å². The molecule has 1 aliphatic heterocycles. The summed E-state index contributed by atoms with van der Waals surface area (Å²) in [6.07, 6.45) is 4.44. The average Bonchev–Trinajstić information content (AvgIpc) is 2.90. The van der Waals surface area contributed by atoms with Crippen LogP contribution < -0.4 is 10.6 Å². The molecule has 1 aliphatic rings. The van der Waals surface area contributed by atoms with Crippen LogP contribution in [-0.2, 0) is 4.74 Å². The first-order chi connectivity index (χ1) is 9.04. The van der Waals surface area contributed by atoms with Gasteiger partial charge in [0.2, 0.25) is 0 Å². The predicted octanol–water partition coefficient (Wildman–Crippen LogP) is 1.79. The van der Waals surface area contributed by atoms with Crippen LogP contribution in [0, 0.1) is 0 Å². The topological polar surface area (TPSA) is 70.6 Å². The summed E-state index contributed by atoms with van der Waals surface area (Å²) in [6.45, 7) is 6.89. The molecule has 1 heterocycles. The van der Waals surface area contributed by atoms with E-state index in [-0.39, 0.29) is 30.3 Å². The molecule has 0 bridgehead atoms. The lowest BCUT2D eigenvalue weighted by Gasteiger charge is -2.31. The number of aliphatic hydroxyl groups excluding tert-OH is 1. The molecular formula is C14H28N2O3. The second-order valence-electron chi connectivity index (χ2n) is 5.55. The van der Waals surface area contributed by atoms with Crippen molar-refractivity contribution in [1.82, 2.24) is 10.6 Å². The number of carbonyl (C=O) groups is 1. The first-order valence-electron chi connectivity index (χ1n) is 7.35. The lowest BCUT2D eigenvalue weighted by atomic mass is 9.95. The standard InChI is InChI=1S/C14H28N2O3/c1-4-11(12-7-6-10-19-12)15-13(18)16-14(3,5-2)8-9-17/h11-12,17H,4-10H2,1-3H3,(H2,15,16,18). The maximum absolute atomic E-state index is 12.1. The number of aliphatic hydroxyl groups is 1. The van der Waals surface area contributed by atoms with Crippen LogP contribution in [0.15, 0.2) is 0 Å². The third-order valence-electron chi connectivity index (χ3n) is 4.03. The molecule has 0 saturated carbocycles. The third-order valence-corrected chi connectivity index (χ3v) is 4.03. The highest BCUT2D eigenvalue weighted by molar-refractivity contribution is 5.75. The molecule has 1 fully saturated rings. The van der Waals surface area contributed by atoms with Gasteiger partial charge in [0.1, 0.15) is 0 Å². The zero-order valence-electron chi connectivity index (χ0n) is 12.4. The molecule has 5 heteroatoms. The number of rotatable bonds is 7. The number of carbonyl (C=O) groups excluding carboxylic acids is 1. The normalized spacial score (nSPS) is 23.7. The van der Waals surface area contributed by atoms with Gasteiger partial charge in [0.25, 0.3) is 0 Å². The Labute approximate surface area is 116 Å². The zero-order chi connectivity index (χ0) is 14.3. The maximum Gasteiger partial charge on any atom is 0.315 e. The van der Waals surface area contributed by atoms with Gasteiger partial charge < -0.3 is 20.5 Å². The van der Waals surface area contributed by atoms with Gasteiger partial charge in [-0.3, -0.25) is 0 Å². The lowest BCUT2D eigenvalue weighted by Crippen LogP contribution is -2.54. The Morgan fingerprint density at radius 1 is 1.53 bits per heavy atom. The second kappa shape index (κ2) is 7.70. The second-order valence-corrected chi connectivity index (χ2v) is 5.55. The van der Waals surface area contributed by atoms with Gasteiger partial charge in [0, 0.05) is 18.8 Å². The van der Waals surface area contributed by atoms with E-state index < -0.39 is 0 Å². The van der Waals surface area contributed by atoms with E-state index in [1.54, 1.807) is 0 Å². The predicted molar refractivity (Wildman–Crippen MR) is 75.1 cm³/mol. The summed E-state index contributed by atoms with van der Waals surface area (Å²) in [5.74, 6) is 0. The fourth-order valence-electron chi connectivity index (χ4n) is 2.43. The fourth-order valence-corrected chi connectivity index (χ4v) is 2.43. The Morgan fingerprint density at radius 2 is 2.26 bits per heavy atom. The fraction of sp³-hybridized carbons (Fsp3) is 0.929. The van der Waals surface area contributed by atoms with Crippen LogP contribution in [-0.4, -0.2) is 42.0 Å². The van der Waals surface area contributed by atoms with E-state index in [1.807, 2.05) is 13.8 Å². The molecule has 0 aliphatic carbocycles. The molecule has 1 rings (SSSR count). The van der Waals surface area contributed by atoms with Crippen LogP contribution in [0.5, 0.6) is 0 Å². The smallest absolute Gasteiger partial charge is 0.315 e. The van der Waals surface area contributed by atoms with Crippen molar-refractivity contribution < 1.29 is 14.6 Å². The van der Waals surface area contributed by atoms with Crippen LogP contribution in [0.4, 0.5) is 4.79 Å². The molecule has 0 radical (unpaired) electrons. The molecule has 3 unspecified atom stereocenters. The minimum atomic E-state index is -0.354. The van der Waals surface area contributed by atoms with E-state index in [0.29, 0.717) is 6.42 Å². The molecule has 3 atom stereocenters. The van der Waals surface area contributed by atoms with Crippen LogP contribution in [0.2, 0.25) is 0 Å². The van der Waals surface area contributed by atoms with E-state index in [2.05, 4.69) is 17.6 Å². The summed E-state index contributed by atoms with van der Waals surface area (Å²) in [5, 5.41) is 15.0. The highest BCUT2D eigenvalue weighted by Crippen LogP contribution is 2.18. The van der Waals surface area contributed by atoms with Crippen molar-refractivity contribution in [2.45, 2.75) is 70.6 Å².